The van der Waals surface area contributed by atoms with Crippen molar-refractivity contribution < 1.29 is 4.42 Å². The number of rotatable bonds is 2. The van der Waals surface area contributed by atoms with E-state index in [0.717, 1.165) is 41.3 Å². The fraction of sp³-hybridized carbons (Fsp3) is 0.188. The van der Waals surface area contributed by atoms with Gasteiger partial charge in [0.1, 0.15) is 17.2 Å². The van der Waals surface area contributed by atoms with Crippen LogP contribution in [0.15, 0.2) is 53.4 Å². The number of pyridine rings is 2. The second-order valence-electron chi connectivity index (χ2n) is 5.56. The molecular formula is C16H13N5O. The SMILES string of the molecule is c1ccn2c(C3CN(c4nccc5occc45)C3)nnc2c1. The van der Waals surface area contributed by atoms with Gasteiger partial charge in [-0.25, -0.2) is 4.98 Å². The van der Waals surface area contributed by atoms with E-state index in [1.54, 1.807) is 12.5 Å². The van der Waals surface area contributed by atoms with Crippen molar-refractivity contribution in [2.24, 2.45) is 0 Å². The normalized spacial score (nSPS) is 15.5. The Hall–Kier alpha value is -2.89. The highest BCUT2D eigenvalue weighted by atomic mass is 16.3. The molecule has 5 rings (SSSR count). The predicted molar refractivity (Wildman–Crippen MR) is 82.0 cm³/mol. The van der Waals surface area contributed by atoms with Crippen LogP contribution in [0.2, 0.25) is 0 Å². The smallest absolute Gasteiger partial charge is 0.160 e. The molecule has 0 spiro atoms. The summed E-state index contributed by atoms with van der Waals surface area (Å²) >= 11 is 0. The zero-order valence-electron chi connectivity index (χ0n) is 11.8. The Kier molecular flexibility index (Phi) is 2.29. The molecule has 1 saturated heterocycles. The molecule has 1 fully saturated rings. The van der Waals surface area contributed by atoms with E-state index in [2.05, 4.69) is 24.5 Å². The number of hydrogen-bond acceptors (Lipinski definition) is 5. The lowest BCUT2D eigenvalue weighted by atomic mass is 9.99. The van der Waals surface area contributed by atoms with Crippen molar-refractivity contribution in [1.82, 2.24) is 19.6 Å². The number of aromatic nitrogens is 4. The van der Waals surface area contributed by atoms with E-state index < -0.39 is 0 Å². The quantitative estimate of drug-likeness (QED) is 0.568. The minimum Gasteiger partial charge on any atom is -0.464 e. The summed E-state index contributed by atoms with van der Waals surface area (Å²) in [6.45, 7) is 1.79. The van der Waals surface area contributed by atoms with Gasteiger partial charge < -0.3 is 9.32 Å². The molecule has 0 bridgehead atoms. The lowest BCUT2D eigenvalue weighted by Crippen LogP contribution is -2.46. The second-order valence-corrected chi connectivity index (χ2v) is 5.56. The van der Waals surface area contributed by atoms with Gasteiger partial charge in [0, 0.05) is 25.5 Å². The molecular weight excluding hydrogens is 278 g/mol. The number of fused-ring (bicyclic) bond motifs is 2. The zero-order chi connectivity index (χ0) is 14.5. The number of nitrogens with zero attached hydrogens (tertiary/aromatic N) is 5. The van der Waals surface area contributed by atoms with Crippen molar-refractivity contribution in [3.8, 4) is 0 Å². The number of anilines is 1. The Morgan fingerprint density at radius 1 is 1.09 bits per heavy atom. The van der Waals surface area contributed by atoms with Gasteiger partial charge in [-0.1, -0.05) is 6.07 Å². The minimum absolute atomic E-state index is 0.376. The molecule has 0 radical (unpaired) electrons. The van der Waals surface area contributed by atoms with Crippen LogP contribution in [0.25, 0.3) is 16.6 Å². The summed E-state index contributed by atoms with van der Waals surface area (Å²) < 4.78 is 7.50. The molecule has 22 heavy (non-hydrogen) atoms. The first-order chi connectivity index (χ1) is 10.9. The van der Waals surface area contributed by atoms with E-state index in [1.165, 1.54) is 0 Å². The van der Waals surface area contributed by atoms with Crippen LogP contribution in [0.1, 0.15) is 11.7 Å². The van der Waals surface area contributed by atoms with E-state index in [9.17, 15) is 0 Å². The summed E-state index contributed by atoms with van der Waals surface area (Å²) in [5.74, 6) is 2.38. The topological polar surface area (TPSA) is 59.5 Å². The molecule has 5 heterocycles. The van der Waals surface area contributed by atoms with Crippen molar-refractivity contribution in [3.05, 3.63) is 54.8 Å². The minimum atomic E-state index is 0.376. The molecule has 1 aliphatic rings. The molecule has 4 aromatic rings. The van der Waals surface area contributed by atoms with Crippen molar-refractivity contribution in [1.29, 1.82) is 0 Å². The van der Waals surface area contributed by atoms with Gasteiger partial charge in [0.2, 0.25) is 0 Å². The summed E-state index contributed by atoms with van der Waals surface area (Å²) in [7, 11) is 0. The number of furan rings is 1. The summed E-state index contributed by atoms with van der Waals surface area (Å²) in [6, 6.07) is 9.81. The molecule has 0 amide bonds. The zero-order valence-corrected chi connectivity index (χ0v) is 11.8. The maximum atomic E-state index is 5.44. The van der Waals surface area contributed by atoms with E-state index in [1.807, 2.05) is 36.5 Å². The third-order valence-corrected chi connectivity index (χ3v) is 4.25. The first-order valence-corrected chi connectivity index (χ1v) is 7.27. The van der Waals surface area contributed by atoms with Crippen molar-refractivity contribution in [2.45, 2.75) is 5.92 Å². The summed E-state index contributed by atoms with van der Waals surface area (Å²) in [5.41, 5.74) is 1.77. The van der Waals surface area contributed by atoms with Gasteiger partial charge in [-0.3, -0.25) is 4.40 Å². The van der Waals surface area contributed by atoms with Crippen LogP contribution in [0.5, 0.6) is 0 Å². The average molecular weight is 291 g/mol. The number of hydrogen-bond donors (Lipinski definition) is 0. The molecule has 108 valence electrons. The first kappa shape index (κ1) is 11.7. The Balaban J connectivity index is 1.46. The Bertz CT molecular complexity index is 967. The molecule has 0 unspecified atom stereocenters. The second kappa shape index (κ2) is 4.30. The molecule has 4 aromatic heterocycles. The molecule has 0 aromatic carbocycles. The van der Waals surface area contributed by atoms with Crippen molar-refractivity contribution in [3.63, 3.8) is 0 Å². The third kappa shape index (κ3) is 1.57. The molecule has 6 heteroatoms. The van der Waals surface area contributed by atoms with Crippen LogP contribution in [0, 0.1) is 0 Å². The lowest BCUT2D eigenvalue weighted by molar-refractivity contribution is 0.494. The molecule has 0 atom stereocenters. The van der Waals surface area contributed by atoms with Crippen LogP contribution in [0.4, 0.5) is 5.82 Å². The highest BCUT2D eigenvalue weighted by Crippen LogP contribution is 2.34. The molecule has 6 nitrogen and oxygen atoms in total. The van der Waals surface area contributed by atoms with Crippen molar-refractivity contribution >= 4 is 22.4 Å². The monoisotopic (exact) mass is 291 g/mol. The summed E-state index contributed by atoms with van der Waals surface area (Å²) in [5, 5.41) is 9.63. The largest absolute Gasteiger partial charge is 0.464 e. The van der Waals surface area contributed by atoms with Crippen LogP contribution < -0.4 is 4.90 Å². The van der Waals surface area contributed by atoms with E-state index in [4.69, 9.17) is 4.42 Å². The maximum Gasteiger partial charge on any atom is 0.160 e. The lowest BCUT2D eigenvalue weighted by Gasteiger charge is -2.39. The standard InChI is InChI=1S/C16H13N5O/c1-2-7-21-14(3-1)18-19-15(21)11-9-20(10-11)16-12-5-8-22-13(12)4-6-17-16/h1-8,11H,9-10H2. The van der Waals surface area contributed by atoms with Gasteiger partial charge in [-0.15, -0.1) is 10.2 Å². The average Bonchev–Trinajstić information content (AvgIpc) is 3.13. The molecule has 0 saturated carbocycles. The molecule has 0 aliphatic carbocycles. The molecule has 0 N–H and O–H groups in total. The molecule has 1 aliphatic heterocycles. The van der Waals surface area contributed by atoms with E-state index >= 15 is 0 Å². The maximum absolute atomic E-state index is 5.44. The highest BCUT2D eigenvalue weighted by Gasteiger charge is 2.33. The van der Waals surface area contributed by atoms with Crippen LogP contribution in [-0.2, 0) is 0 Å². The predicted octanol–water partition coefficient (Wildman–Crippen LogP) is 2.47. The van der Waals surface area contributed by atoms with E-state index in [0.29, 0.717) is 5.92 Å². The van der Waals surface area contributed by atoms with Crippen LogP contribution in [-0.4, -0.2) is 32.7 Å². The Morgan fingerprint density at radius 3 is 3.00 bits per heavy atom. The van der Waals surface area contributed by atoms with Crippen LogP contribution >= 0.6 is 0 Å². The fourth-order valence-electron chi connectivity index (χ4n) is 3.08. The first-order valence-electron chi connectivity index (χ1n) is 7.27. The third-order valence-electron chi connectivity index (χ3n) is 4.25. The summed E-state index contributed by atoms with van der Waals surface area (Å²) in [6.07, 6.45) is 5.52. The van der Waals surface area contributed by atoms with Gasteiger partial charge in [0.05, 0.1) is 17.6 Å². The van der Waals surface area contributed by atoms with Gasteiger partial charge in [-0.2, -0.15) is 0 Å². The highest BCUT2D eigenvalue weighted by molar-refractivity contribution is 5.88. The van der Waals surface area contributed by atoms with Crippen molar-refractivity contribution in [2.75, 3.05) is 18.0 Å². The van der Waals surface area contributed by atoms with Gasteiger partial charge in [0.15, 0.2) is 5.65 Å². The summed E-state index contributed by atoms with van der Waals surface area (Å²) in [4.78, 5) is 6.76. The Labute approximate surface area is 126 Å². The van der Waals surface area contributed by atoms with Gasteiger partial charge in [0.25, 0.3) is 0 Å². The van der Waals surface area contributed by atoms with Gasteiger partial charge >= 0.3 is 0 Å². The van der Waals surface area contributed by atoms with Crippen LogP contribution in [0.3, 0.4) is 0 Å². The van der Waals surface area contributed by atoms with Gasteiger partial charge in [-0.05, 0) is 24.3 Å². The Morgan fingerprint density at radius 2 is 2.05 bits per heavy atom. The van der Waals surface area contributed by atoms with E-state index in [-0.39, 0.29) is 0 Å². The fourth-order valence-corrected chi connectivity index (χ4v) is 3.08.